The molecule has 7 heteroatoms. The topological polar surface area (TPSA) is 89.4 Å². The van der Waals surface area contributed by atoms with E-state index < -0.39 is 17.6 Å². The number of methoxy groups -OCH3 is 2. The molecule has 0 radical (unpaired) electrons. The number of allylic oxidation sites excluding steroid dienone is 2. The van der Waals surface area contributed by atoms with E-state index in [4.69, 9.17) is 9.47 Å². The second kappa shape index (κ2) is 7.07. The van der Waals surface area contributed by atoms with Crippen LogP contribution in [0, 0.1) is 5.41 Å². The Labute approximate surface area is 176 Å². The van der Waals surface area contributed by atoms with Crippen LogP contribution in [0.2, 0.25) is 0 Å². The summed E-state index contributed by atoms with van der Waals surface area (Å²) in [6.45, 7) is 6.22. The third kappa shape index (κ3) is 2.87. The second-order valence-electron chi connectivity index (χ2n) is 8.80. The molecule has 2 atom stereocenters. The molecular formula is C23H27N3O4. The molecule has 3 aliphatic rings. The number of nitrogens with zero attached hydrogens (tertiary/aromatic N) is 2. The standard InChI is InChI=1S/C23H27N3O4/c1-6-23(13-8-7-9-14(10-13)29-4)17-15(11-22(2,3)12-16(17)27)24-20-18(23)19(25-26-20)21(28)30-5/h7-10,20,24H,6,11-12H2,1-5H3/t20?,23-/m1/s1. The van der Waals surface area contributed by atoms with Crippen molar-refractivity contribution in [3.8, 4) is 5.75 Å². The van der Waals surface area contributed by atoms with E-state index in [1.165, 1.54) is 7.11 Å². The minimum Gasteiger partial charge on any atom is -0.497 e. The molecule has 4 rings (SSSR count). The lowest BCUT2D eigenvalue weighted by atomic mass is 9.58. The SMILES string of the molecule is CC[C@@]1(c2cccc(OC)c2)C2=C(CC(C)(C)CC2=O)NC2N=NC(C(=O)OC)=C21. The Balaban J connectivity index is 2.07. The van der Waals surface area contributed by atoms with Gasteiger partial charge in [0.15, 0.2) is 17.6 Å². The van der Waals surface area contributed by atoms with Gasteiger partial charge < -0.3 is 14.8 Å². The van der Waals surface area contributed by atoms with Gasteiger partial charge in [-0.25, -0.2) is 4.79 Å². The Hall–Kier alpha value is -2.96. The van der Waals surface area contributed by atoms with Gasteiger partial charge >= 0.3 is 5.97 Å². The van der Waals surface area contributed by atoms with Gasteiger partial charge in [-0.15, -0.1) is 5.11 Å². The number of esters is 1. The van der Waals surface area contributed by atoms with Crippen LogP contribution in [-0.4, -0.2) is 32.1 Å². The van der Waals surface area contributed by atoms with Crippen molar-refractivity contribution in [3.63, 3.8) is 0 Å². The number of azo groups is 1. The number of Topliss-reactive ketones (excluding diaryl/α,β-unsaturated/α-hetero) is 1. The van der Waals surface area contributed by atoms with Crippen molar-refractivity contribution in [2.75, 3.05) is 14.2 Å². The molecule has 7 nitrogen and oxygen atoms in total. The van der Waals surface area contributed by atoms with E-state index in [0.29, 0.717) is 29.7 Å². The predicted molar refractivity (Wildman–Crippen MR) is 111 cm³/mol. The van der Waals surface area contributed by atoms with Gasteiger partial charge in [0.05, 0.1) is 19.6 Å². The maximum absolute atomic E-state index is 13.6. The maximum atomic E-state index is 13.6. The van der Waals surface area contributed by atoms with Crippen LogP contribution in [0.1, 0.15) is 45.6 Å². The maximum Gasteiger partial charge on any atom is 0.358 e. The highest BCUT2D eigenvalue weighted by Gasteiger charge is 2.55. The molecular weight excluding hydrogens is 382 g/mol. The van der Waals surface area contributed by atoms with Crippen LogP contribution in [0.25, 0.3) is 0 Å². The molecule has 0 spiro atoms. The largest absolute Gasteiger partial charge is 0.497 e. The zero-order chi connectivity index (χ0) is 21.7. The molecule has 0 saturated carbocycles. The first kappa shape index (κ1) is 20.3. The number of hydrogen-bond donors (Lipinski definition) is 1. The van der Waals surface area contributed by atoms with Crippen LogP contribution in [0.3, 0.4) is 0 Å². The lowest BCUT2D eigenvalue weighted by molar-refractivity contribution is -0.136. The zero-order valence-electron chi connectivity index (χ0n) is 18.0. The molecule has 1 aliphatic carbocycles. The smallest absolute Gasteiger partial charge is 0.358 e. The van der Waals surface area contributed by atoms with Crippen molar-refractivity contribution >= 4 is 11.8 Å². The second-order valence-corrected chi connectivity index (χ2v) is 8.80. The molecule has 1 unspecified atom stereocenters. The fraction of sp³-hybridized carbons (Fsp3) is 0.478. The lowest BCUT2D eigenvalue weighted by Crippen LogP contribution is -2.51. The molecule has 1 N–H and O–H groups in total. The summed E-state index contributed by atoms with van der Waals surface area (Å²) in [6, 6.07) is 7.68. The molecule has 158 valence electrons. The third-order valence-corrected chi connectivity index (χ3v) is 6.35. The predicted octanol–water partition coefficient (Wildman–Crippen LogP) is 3.81. The monoisotopic (exact) mass is 409 g/mol. The minimum atomic E-state index is -0.833. The van der Waals surface area contributed by atoms with Crippen molar-refractivity contribution in [3.05, 3.63) is 52.4 Å². The Morgan fingerprint density at radius 1 is 1.27 bits per heavy atom. The van der Waals surface area contributed by atoms with Crippen molar-refractivity contribution in [2.45, 2.75) is 51.6 Å². The van der Waals surface area contributed by atoms with Gasteiger partial charge in [0, 0.05) is 23.3 Å². The Bertz CT molecular complexity index is 1020. The van der Waals surface area contributed by atoms with Crippen LogP contribution in [0.4, 0.5) is 0 Å². The summed E-state index contributed by atoms with van der Waals surface area (Å²) in [6.07, 6.45) is 1.24. The first-order chi connectivity index (χ1) is 14.3. The third-order valence-electron chi connectivity index (χ3n) is 6.35. The summed E-state index contributed by atoms with van der Waals surface area (Å²) in [5, 5.41) is 11.9. The molecule has 0 bridgehead atoms. The number of fused-ring (bicyclic) bond motifs is 1. The van der Waals surface area contributed by atoms with E-state index in [1.807, 2.05) is 31.2 Å². The molecule has 0 fully saturated rings. The summed E-state index contributed by atoms with van der Waals surface area (Å²) >= 11 is 0. The highest BCUT2D eigenvalue weighted by Crippen LogP contribution is 2.55. The van der Waals surface area contributed by atoms with Crippen molar-refractivity contribution < 1.29 is 19.1 Å². The number of rotatable bonds is 4. The van der Waals surface area contributed by atoms with E-state index in [1.54, 1.807) is 7.11 Å². The van der Waals surface area contributed by atoms with E-state index in [0.717, 1.165) is 17.7 Å². The van der Waals surface area contributed by atoms with Gasteiger partial charge in [-0.2, -0.15) is 5.11 Å². The van der Waals surface area contributed by atoms with E-state index in [9.17, 15) is 9.59 Å². The van der Waals surface area contributed by atoms with Crippen molar-refractivity contribution in [2.24, 2.45) is 15.6 Å². The number of ether oxygens (including phenoxy) is 2. The highest BCUT2D eigenvalue weighted by atomic mass is 16.5. The minimum absolute atomic E-state index is 0.0838. The number of ketones is 1. The molecule has 1 aromatic carbocycles. The van der Waals surface area contributed by atoms with Crippen LogP contribution >= 0.6 is 0 Å². The van der Waals surface area contributed by atoms with E-state index in [2.05, 4.69) is 29.4 Å². The van der Waals surface area contributed by atoms with Crippen LogP contribution in [-0.2, 0) is 19.7 Å². The van der Waals surface area contributed by atoms with Gasteiger partial charge in [0.1, 0.15) is 5.75 Å². The normalized spacial score (nSPS) is 26.8. The van der Waals surface area contributed by atoms with E-state index >= 15 is 0 Å². The number of hydrogen-bond acceptors (Lipinski definition) is 7. The highest BCUT2D eigenvalue weighted by molar-refractivity contribution is 6.02. The Kier molecular flexibility index (Phi) is 4.79. The van der Waals surface area contributed by atoms with Gasteiger partial charge in [-0.05, 0) is 36.0 Å². The summed E-state index contributed by atoms with van der Waals surface area (Å²) in [5.74, 6) is 0.222. The Morgan fingerprint density at radius 2 is 2.03 bits per heavy atom. The van der Waals surface area contributed by atoms with Crippen LogP contribution < -0.4 is 10.1 Å². The first-order valence-electron chi connectivity index (χ1n) is 10.2. The lowest BCUT2D eigenvalue weighted by Gasteiger charge is -2.48. The van der Waals surface area contributed by atoms with Gasteiger partial charge in [-0.3, -0.25) is 4.79 Å². The first-order valence-corrected chi connectivity index (χ1v) is 10.2. The summed E-state index contributed by atoms with van der Waals surface area (Å²) in [5.41, 5.74) is 2.34. The molecule has 2 aliphatic heterocycles. The summed E-state index contributed by atoms with van der Waals surface area (Å²) < 4.78 is 10.5. The average Bonchev–Trinajstić information content (AvgIpc) is 3.14. The van der Waals surface area contributed by atoms with Gasteiger partial charge in [0.2, 0.25) is 0 Å². The Morgan fingerprint density at radius 3 is 2.70 bits per heavy atom. The molecule has 2 heterocycles. The van der Waals surface area contributed by atoms with Crippen LogP contribution in [0.5, 0.6) is 5.75 Å². The number of carbonyl (C=O) groups excluding carboxylic acids is 2. The number of benzene rings is 1. The quantitative estimate of drug-likeness (QED) is 0.764. The number of carbonyl (C=O) groups is 2. The van der Waals surface area contributed by atoms with Crippen molar-refractivity contribution in [1.29, 1.82) is 0 Å². The van der Waals surface area contributed by atoms with E-state index in [-0.39, 0.29) is 16.9 Å². The average molecular weight is 409 g/mol. The van der Waals surface area contributed by atoms with Crippen LogP contribution in [0.15, 0.2) is 57.0 Å². The molecule has 0 saturated heterocycles. The summed E-state index contributed by atoms with van der Waals surface area (Å²) in [7, 11) is 2.94. The fourth-order valence-electron chi connectivity index (χ4n) is 5.14. The zero-order valence-corrected chi connectivity index (χ0v) is 18.0. The van der Waals surface area contributed by atoms with Gasteiger partial charge in [-0.1, -0.05) is 32.9 Å². The fourth-order valence-corrected chi connectivity index (χ4v) is 5.14. The molecule has 0 amide bonds. The molecule has 0 aromatic heterocycles. The van der Waals surface area contributed by atoms with Crippen molar-refractivity contribution in [1.82, 2.24) is 5.32 Å². The number of nitrogens with one attached hydrogen (secondary N) is 1. The summed E-state index contributed by atoms with van der Waals surface area (Å²) in [4.78, 5) is 26.1. The van der Waals surface area contributed by atoms with Gasteiger partial charge in [0.25, 0.3) is 0 Å². The molecule has 1 aromatic rings. The molecule has 30 heavy (non-hydrogen) atoms.